The number of carbonyl (C=O) groups excluding carboxylic acids is 3. The summed E-state index contributed by atoms with van der Waals surface area (Å²) in [7, 11) is 0. The van der Waals surface area contributed by atoms with E-state index in [9.17, 15) is 23.2 Å². The highest BCUT2D eigenvalue weighted by Gasteiger charge is 2.43. The minimum atomic E-state index is -3.77. The van der Waals surface area contributed by atoms with Gasteiger partial charge in [0.2, 0.25) is 0 Å². The molecule has 1 aliphatic heterocycles. The topological polar surface area (TPSA) is 103 Å². The zero-order chi connectivity index (χ0) is 21.0. The normalized spacial score (nSPS) is 13.5. The van der Waals surface area contributed by atoms with E-state index >= 15 is 0 Å². The Morgan fingerprint density at radius 2 is 1.72 bits per heavy atom. The molecule has 8 nitrogen and oxygen atoms in total. The van der Waals surface area contributed by atoms with Gasteiger partial charge in [-0.1, -0.05) is 11.6 Å². The molecule has 0 aliphatic carbocycles. The zero-order valence-electron chi connectivity index (χ0n) is 14.5. The molecule has 0 saturated carbocycles. The van der Waals surface area contributed by atoms with Crippen LogP contribution in [0.4, 0.5) is 14.5 Å². The van der Waals surface area contributed by atoms with Gasteiger partial charge in [-0.3, -0.25) is 14.4 Å². The molecule has 0 spiro atoms. The fourth-order valence-electron chi connectivity index (χ4n) is 2.28. The van der Waals surface area contributed by atoms with Crippen LogP contribution in [0.5, 0.6) is 11.5 Å². The molecular weight excluding hydrogens is 414 g/mol. The maximum atomic E-state index is 13.0. The quantitative estimate of drug-likeness (QED) is 0.688. The second-order valence-electron chi connectivity index (χ2n) is 5.73. The molecule has 152 valence electrons. The van der Waals surface area contributed by atoms with Gasteiger partial charge in [0.15, 0.2) is 18.1 Å². The van der Waals surface area contributed by atoms with Gasteiger partial charge in [0, 0.05) is 22.3 Å². The van der Waals surface area contributed by atoms with Crippen LogP contribution in [-0.4, -0.2) is 37.2 Å². The van der Waals surface area contributed by atoms with Crippen LogP contribution in [0.15, 0.2) is 42.5 Å². The molecule has 0 bridgehead atoms. The maximum Gasteiger partial charge on any atom is 0.586 e. The van der Waals surface area contributed by atoms with E-state index in [-0.39, 0.29) is 17.2 Å². The van der Waals surface area contributed by atoms with E-state index in [1.165, 1.54) is 36.4 Å². The largest absolute Gasteiger partial charge is 0.586 e. The average molecular weight is 427 g/mol. The first-order valence-electron chi connectivity index (χ1n) is 8.11. The van der Waals surface area contributed by atoms with Crippen molar-refractivity contribution >= 4 is 35.1 Å². The Morgan fingerprint density at radius 3 is 2.45 bits per heavy atom. The summed E-state index contributed by atoms with van der Waals surface area (Å²) in [6, 6.07) is 9.67. The molecule has 1 heterocycles. The van der Waals surface area contributed by atoms with E-state index < -0.39 is 37.2 Å². The number of carbonyl (C=O) groups is 3. The standard InChI is InChI=1S/C18H13ClF2N2O6/c19-11-3-1-10(2-4-11)17(26)22-8-16(25)27-9-15(24)23-12-5-6-13-14(7-12)29-18(20,21)28-13/h1-7H,8-9H2,(H,22,26)(H,23,24). The lowest BCUT2D eigenvalue weighted by atomic mass is 10.2. The Labute approximate surface area is 167 Å². The van der Waals surface area contributed by atoms with E-state index in [1.807, 2.05) is 0 Å². The minimum Gasteiger partial charge on any atom is -0.454 e. The van der Waals surface area contributed by atoms with Gasteiger partial charge in [0.1, 0.15) is 6.54 Å². The molecule has 1 aliphatic rings. The Kier molecular flexibility index (Phi) is 5.83. The van der Waals surface area contributed by atoms with Gasteiger partial charge in [0.05, 0.1) is 0 Å². The lowest BCUT2D eigenvalue weighted by Crippen LogP contribution is -2.32. The van der Waals surface area contributed by atoms with Gasteiger partial charge >= 0.3 is 12.3 Å². The van der Waals surface area contributed by atoms with E-state index in [1.54, 1.807) is 0 Å². The number of amides is 2. The van der Waals surface area contributed by atoms with Crippen LogP contribution in [0, 0.1) is 0 Å². The number of fused-ring (bicyclic) bond motifs is 1. The molecule has 0 atom stereocenters. The molecule has 0 radical (unpaired) electrons. The number of hydrogen-bond donors (Lipinski definition) is 2. The van der Waals surface area contributed by atoms with Crippen LogP contribution in [0.2, 0.25) is 5.02 Å². The van der Waals surface area contributed by atoms with E-state index in [4.69, 9.17) is 16.3 Å². The maximum absolute atomic E-state index is 13.0. The highest BCUT2D eigenvalue weighted by atomic mass is 35.5. The third-order valence-corrected chi connectivity index (χ3v) is 3.80. The van der Waals surface area contributed by atoms with Crippen LogP contribution in [0.1, 0.15) is 10.4 Å². The van der Waals surface area contributed by atoms with Gasteiger partial charge in [-0.2, -0.15) is 0 Å². The third-order valence-electron chi connectivity index (χ3n) is 3.55. The van der Waals surface area contributed by atoms with Gasteiger partial charge < -0.3 is 24.8 Å². The van der Waals surface area contributed by atoms with Gasteiger partial charge in [-0.05, 0) is 36.4 Å². The highest BCUT2D eigenvalue weighted by molar-refractivity contribution is 6.30. The average Bonchev–Trinajstić information content (AvgIpc) is 2.98. The van der Waals surface area contributed by atoms with Crippen LogP contribution in [0.3, 0.4) is 0 Å². The SMILES string of the molecule is O=C(COC(=O)CNC(=O)c1ccc(Cl)cc1)Nc1ccc2c(c1)OC(F)(F)O2. The summed E-state index contributed by atoms with van der Waals surface area (Å²) in [5.41, 5.74) is 0.440. The number of nitrogens with one attached hydrogen (secondary N) is 2. The lowest BCUT2D eigenvalue weighted by Gasteiger charge is -2.08. The molecule has 2 aromatic carbocycles. The van der Waals surface area contributed by atoms with Crippen molar-refractivity contribution in [3.05, 3.63) is 53.1 Å². The molecule has 2 amide bonds. The molecule has 0 aromatic heterocycles. The summed E-state index contributed by atoms with van der Waals surface area (Å²) < 4.78 is 39.2. The summed E-state index contributed by atoms with van der Waals surface area (Å²) in [6.45, 7) is -1.09. The summed E-state index contributed by atoms with van der Waals surface area (Å²) >= 11 is 5.72. The van der Waals surface area contributed by atoms with Crippen molar-refractivity contribution in [3.63, 3.8) is 0 Å². The van der Waals surface area contributed by atoms with Crippen molar-refractivity contribution < 1.29 is 37.4 Å². The van der Waals surface area contributed by atoms with Crippen LogP contribution in [-0.2, 0) is 14.3 Å². The Hall–Kier alpha value is -3.40. The number of esters is 1. The second-order valence-corrected chi connectivity index (χ2v) is 6.16. The summed E-state index contributed by atoms with van der Waals surface area (Å²) in [4.78, 5) is 35.3. The first-order valence-corrected chi connectivity index (χ1v) is 8.49. The highest BCUT2D eigenvalue weighted by Crippen LogP contribution is 2.42. The molecule has 0 saturated heterocycles. The molecule has 2 N–H and O–H groups in total. The molecule has 2 aromatic rings. The van der Waals surface area contributed by atoms with Crippen molar-refractivity contribution in [1.82, 2.24) is 5.32 Å². The second kappa shape index (κ2) is 8.31. The van der Waals surface area contributed by atoms with Crippen molar-refractivity contribution in [3.8, 4) is 11.5 Å². The number of ether oxygens (including phenoxy) is 3. The van der Waals surface area contributed by atoms with Gasteiger partial charge in [0.25, 0.3) is 11.8 Å². The summed E-state index contributed by atoms with van der Waals surface area (Å²) in [6.07, 6.45) is -3.77. The summed E-state index contributed by atoms with van der Waals surface area (Å²) in [5, 5.41) is 5.15. The number of anilines is 1. The number of hydrogen-bond acceptors (Lipinski definition) is 6. The van der Waals surface area contributed by atoms with E-state index in [0.717, 1.165) is 6.07 Å². The number of alkyl halides is 2. The van der Waals surface area contributed by atoms with Crippen LogP contribution in [0.25, 0.3) is 0 Å². The molecule has 11 heteroatoms. The van der Waals surface area contributed by atoms with Crippen LogP contribution >= 0.6 is 11.6 Å². The van der Waals surface area contributed by atoms with Gasteiger partial charge in [-0.15, -0.1) is 8.78 Å². The molecule has 29 heavy (non-hydrogen) atoms. The zero-order valence-corrected chi connectivity index (χ0v) is 15.3. The van der Waals surface area contributed by atoms with E-state index in [0.29, 0.717) is 10.6 Å². The van der Waals surface area contributed by atoms with E-state index in [2.05, 4.69) is 20.1 Å². The third kappa shape index (κ3) is 5.55. The molecule has 0 unspecified atom stereocenters. The fourth-order valence-corrected chi connectivity index (χ4v) is 2.40. The Balaban J connectivity index is 1.42. The first kappa shape index (κ1) is 20.3. The van der Waals surface area contributed by atoms with Crippen molar-refractivity contribution in [2.75, 3.05) is 18.5 Å². The molecular formula is C18H13ClF2N2O6. The fraction of sp³-hybridized carbons (Fsp3) is 0.167. The van der Waals surface area contributed by atoms with Crippen LogP contribution < -0.4 is 20.1 Å². The molecule has 3 rings (SSSR count). The Morgan fingerprint density at radius 1 is 1.03 bits per heavy atom. The summed E-state index contributed by atoms with van der Waals surface area (Å²) in [5.74, 6) is -2.48. The first-order chi connectivity index (χ1) is 13.7. The lowest BCUT2D eigenvalue weighted by molar-refractivity contribution is -0.286. The smallest absolute Gasteiger partial charge is 0.454 e. The monoisotopic (exact) mass is 426 g/mol. The van der Waals surface area contributed by atoms with Crippen molar-refractivity contribution in [2.45, 2.75) is 6.29 Å². The Bertz CT molecular complexity index is 952. The van der Waals surface area contributed by atoms with Crippen molar-refractivity contribution in [2.24, 2.45) is 0 Å². The number of rotatable bonds is 6. The van der Waals surface area contributed by atoms with Crippen molar-refractivity contribution in [1.29, 1.82) is 0 Å². The molecule has 0 fully saturated rings. The predicted octanol–water partition coefficient (Wildman–Crippen LogP) is 2.57. The number of benzene rings is 2. The number of halogens is 3. The van der Waals surface area contributed by atoms with Gasteiger partial charge in [-0.25, -0.2) is 0 Å². The minimum absolute atomic E-state index is 0.141. The predicted molar refractivity (Wildman–Crippen MR) is 96.0 cm³/mol.